The van der Waals surface area contributed by atoms with Gasteiger partial charge in [0.25, 0.3) is 6.29 Å². The van der Waals surface area contributed by atoms with Gasteiger partial charge in [-0.25, -0.2) is 4.79 Å². The summed E-state index contributed by atoms with van der Waals surface area (Å²) in [7, 11) is 0. The summed E-state index contributed by atoms with van der Waals surface area (Å²) in [6.45, 7) is 7.10. The fourth-order valence-electron chi connectivity index (χ4n) is 0.794. The van der Waals surface area contributed by atoms with Crippen LogP contribution in [0, 0.1) is 0 Å². The first-order valence-electron chi connectivity index (χ1n) is 3.97. The maximum atomic E-state index is 10.9. The van der Waals surface area contributed by atoms with E-state index in [-0.39, 0.29) is 5.97 Å². The van der Waals surface area contributed by atoms with Crippen LogP contribution in [0.1, 0.15) is 13.8 Å². The fraction of sp³-hybridized carbons (Fsp3) is 0.300. The van der Waals surface area contributed by atoms with Gasteiger partial charge in [-0.3, -0.25) is 0 Å². The first-order chi connectivity index (χ1) is 6.13. The summed E-state index contributed by atoms with van der Waals surface area (Å²) in [5.41, 5.74) is 1.46. The molecule has 70 valence electrons. The number of ether oxygens (including phenoxy) is 2. The van der Waals surface area contributed by atoms with E-state index < -0.39 is 6.29 Å². The van der Waals surface area contributed by atoms with Gasteiger partial charge in [0.05, 0.1) is 6.26 Å². The molecule has 1 aliphatic heterocycles. The van der Waals surface area contributed by atoms with E-state index in [0.29, 0.717) is 5.57 Å². The molecule has 3 nitrogen and oxygen atoms in total. The minimum atomic E-state index is -0.581. The lowest BCUT2D eigenvalue weighted by atomic mass is 10.3. The second-order valence-electron chi connectivity index (χ2n) is 2.83. The van der Waals surface area contributed by atoms with Crippen molar-refractivity contribution in [2.75, 3.05) is 0 Å². The number of hydrogen-bond donors (Lipinski definition) is 0. The van der Waals surface area contributed by atoms with Gasteiger partial charge in [0.2, 0.25) is 0 Å². The first kappa shape index (κ1) is 9.58. The third-order valence-corrected chi connectivity index (χ3v) is 1.64. The Morgan fingerprint density at radius 2 is 2.46 bits per heavy atom. The first-order valence-corrected chi connectivity index (χ1v) is 3.97. The van der Waals surface area contributed by atoms with Gasteiger partial charge in [0.1, 0.15) is 0 Å². The highest BCUT2D eigenvalue weighted by Crippen LogP contribution is 2.14. The average molecular weight is 180 g/mol. The summed E-state index contributed by atoms with van der Waals surface area (Å²) in [6.07, 6.45) is 4.23. The summed E-state index contributed by atoms with van der Waals surface area (Å²) in [6, 6.07) is 0. The van der Waals surface area contributed by atoms with Crippen LogP contribution < -0.4 is 0 Å². The van der Waals surface area contributed by atoms with Crippen molar-refractivity contribution in [3.05, 3.63) is 36.1 Å². The maximum absolute atomic E-state index is 10.9. The number of cyclic esters (lactones) is 1. The van der Waals surface area contributed by atoms with Crippen LogP contribution in [0.2, 0.25) is 0 Å². The van der Waals surface area contributed by atoms with Crippen molar-refractivity contribution in [2.24, 2.45) is 0 Å². The highest BCUT2D eigenvalue weighted by atomic mass is 16.7. The van der Waals surface area contributed by atoms with Crippen LogP contribution in [0.5, 0.6) is 0 Å². The van der Waals surface area contributed by atoms with Crippen LogP contribution in [0.25, 0.3) is 0 Å². The second kappa shape index (κ2) is 3.94. The molecule has 1 aliphatic rings. The van der Waals surface area contributed by atoms with E-state index in [4.69, 9.17) is 9.47 Å². The number of carbonyl (C=O) groups is 1. The zero-order valence-electron chi connectivity index (χ0n) is 7.74. The van der Waals surface area contributed by atoms with Crippen LogP contribution in [0.3, 0.4) is 0 Å². The molecule has 1 rings (SSSR count). The van der Waals surface area contributed by atoms with E-state index in [2.05, 4.69) is 6.58 Å². The Hall–Kier alpha value is -1.51. The van der Waals surface area contributed by atoms with Crippen molar-refractivity contribution >= 4 is 5.97 Å². The van der Waals surface area contributed by atoms with Gasteiger partial charge in [-0.2, -0.15) is 0 Å². The van der Waals surface area contributed by atoms with Crippen LogP contribution in [-0.4, -0.2) is 12.3 Å². The largest absolute Gasteiger partial charge is 0.458 e. The second-order valence-corrected chi connectivity index (χ2v) is 2.83. The van der Waals surface area contributed by atoms with Crippen molar-refractivity contribution in [1.29, 1.82) is 0 Å². The lowest BCUT2D eigenvalue weighted by Gasteiger charge is -2.07. The van der Waals surface area contributed by atoms with E-state index in [1.165, 1.54) is 6.26 Å². The molecule has 0 N–H and O–H groups in total. The standard InChI is InChI=1S/C10H12O3/c1-4-7(2)6-12-9-5-8(3)10(11)13-9/h4-6,9H,1H2,2-3H3. The van der Waals surface area contributed by atoms with Crippen molar-refractivity contribution in [3.63, 3.8) is 0 Å². The Morgan fingerprint density at radius 1 is 1.77 bits per heavy atom. The fourth-order valence-corrected chi connectivity index (χ4v) is 0.794. The monoisotopic (exact) mass is 180 g/mol. The number of allylic oxidation sites excluding steroid dienone is 2. The van der Waals surface area contributed by atoms with Gasteiger partial charge >= 0.3 is 5.97 Å². The number of hydrogen-bond acceptors (Lipinski definition) is 3. The molecule has 0 saturated heterocycles. The molecular formula is C10H12O3. The predicted molar refractivity (Wildman–Crippen MR) is 48.7 cm³/mol. The smallest absolute Gasteiger partial charge is 0.336 e. The molecule has 0 bridgehead atoms. The van der Waals surface area contributed by atoms with Gasteiger partial charge in [-0.15, -0.1) is 0 Å². The molecule has 0 amide bonds. The molecule has 0 spiro atoms. The van der Waals surface area contributed by atoms with Crippen LogP contribution in [-0.2, 0) is 14.3 Å². The molecule has 0 aliphatic carbocycles. The number of carbonyl (C=O) groups excluding carboxylic acids is 1. The van der Waals surface area contributed by atoms with Crippen molar-refractivity contribution in [3.8, 4) is 0 Å². The van der Waals surface area contributed by atoms with Gasteiger partial charge < -0.3 is 9.47 Å². The summed E-state index contributed by atoms with van der Waals surface area (Å²) >= 11 is 0. The van der Waals surface area contributed by atoms with Crippen molar-refractivity contribution < 1.29 is 14.3 Å². The minimum absolute atomic E-state index is 0.324. The molecule has 1 unspecified atom stereocenters. The molecule has 0 aromatic rings. The topological polar surface area (TPSA) is 35.5 Å². The molecule has 0 radical (unpaired) electrons. The van der Waals surface area contributed by atoms with E-state index in [1.54, 1.807) is 19.1 Å². The van der Waals surface area contributed by atoms with E-state index in [0.717, 1.165) is 5.57 Å². The Bertz CT molecular complexity index is 287. The molecule has 3 heteroatoms. The van der Waals surface area contributed by atoms with Crippen LogP contribution in [0.4, 0.5) is 0 Å². The normalized spacial score (nSPS) is 22.3. The lowest BCUT2D eigenvalue weighted by molar-refractivity contribution is -0.152. The molecule has 1 heterocycles. The lowest BCUT2D eigenvalue weighted by Crippen LogP contribution is -2.09. The summed E-state index contributed by atoms with van der Waals surface area (Å²) in [5, 5.41) is 0. The van der Waals surface area contributed by atoms with Gasteiger partial charge in [0, 0.05) is 11.6 Å². The predicted octanol–water partition coefficient (Wildman–Crippen LogP) is 1.92. The van der Waals surface area contributed by atoms with E-state index >= 15 is 0 Å². The quantitative estimate of drug-likeness (QED) is 0.378. The van der Waals surface area contributed by atoms with Gasteiger partial charge in [-0.05, 0) is 19.4 Å². The Balaban J connectivity index is 2.50. The third-order valence-electron chi connectivity index (χ3n) is 1.64. The van der Waals surface area contributed by atoms with Crippen molar-refractivity contribution in [1.82, 2.24) is 0 Å². The zero-order valence-corrected chi connectivity index (χ0v) is 7.74. The Labute approximate surface area is 77.3 Å². The maximum Gasteiger partial charge on any atom is 0.336 e. The molecule has 1 atom stereocenters. The van der Waals surface area contributed by atoms with E-state index in [9.17, 15) is 4.79 Å². The molecule has 13 heavy (non-hydrogen) atoms. The number of rotatable bonds is 3. The summed E-state index contributed by atoms with van der Waals surface area (Å²) in [5.74, 6) is -0.324. The molecule has 0 aromatic carbocycles. The number of esters is 1. The molecule has 0 saturated carbocycles. The van der Waals surface area contributed by atoms with Crippen molar-refractivity contribution in [2.45, 2.75) is 20.1 Å². The molecular weight excluding hydrogens is 168 g/mol. The third kappa shape index (κ3) is 2.47. The Morgan fingerprint density at radius 3 is 2.92 bits per heavy atom. The van der Waals surface area contributed by atoms with Gasteiger partial charge in [0.15, 0.2) is 0 Å². The SMILES string of the molecule is C=CC(C)=COC1C=C(C)C(=O)O1. The van der Waals surface area contributed by atoms with Crippen LogP contribution >= 0.6 is 0 Å². The zero-order chi connectivity index (χ0) is 9.84. The van der Waals surface area contributed by atoms with E-state index in [1.807, 2.05) is 6.92 Å². The minimum Gasteiger partial charge on any atom is -0.458 e. The molecule has 0 aromatic heterocycles. The summed E-state index contributed by atoms with van der Waals surface area (Å²) in [4.78, 5) is 10.9. The summed E-state index contributed by atoms with van der Waals surface area (Å²) < 4.78 is 9.98. The average Bonchev–Trinajstić information content (AvgIpc) is 2.42. The Kier molecular flexibility index (Phi) is 2.90. The highest BCUT2D eigenvalue weighted by molar-refractivity contribution is 5.89. The highest BCUT2D eigenvalue weighted by Gasteiger charge is 2.22. The molecule has 0 fully saturated rings. The van der Waals surface area contributed by atoms with Crippen LogP contribution in [0.15, 0.2) is 36.1 Å². The van der Waals surface area contributed by atoms with Gasteiger partial charge in [-0.1, -0.05) is 12.7 Å².